The molecule has 1 heterocycles. The third kappa shape index (κ3) is 5.65. The molecular weight excluding hydrogens is 280 g/mol. The Morgan fingerprint density at radius 3 is 2.52 bits per heavy atom. The maximum Gasteiger partial charge on any atom is 0.0363 e. The van der Waals surface area contributed by atoms with Gasteiger partial charge < -0.3 is 10.2 Å². The molecule has 0 radical (unpaired) electrons. The summed E-state index contributed by atoms with van der Waals surface area (Å²) in [6.07, 6.45) is 5.45. The number of hydrogen-bond acceptors (Lipinski definition) is 3. The highest BCUT2D eigenvalue weighted by Gasteiger charge is 2.37. The Hall–Kier alpha value is 0.0700. The Balaban J connectivity index is 1.99. The van der Waals surface area contributed by atoms with Crippen molar-refractivity contribution >= 4 is 10.8 Å². The lowest BCUT2D eigenvalue weighted by atomic mass is 9.69. The SMILES string of the molecule is CC1CCCC(CNC(C)(C)C)(CN2CCS(=O)CC2)C1. The van der Waals surface area contributed by atoms with Crippen molar-refractivity contribution in [1.82, 2.24) is 10.2 Å². The number of nitrogens with zero attached hydrogens (tertiary/aromatic N) is 1. The molecule has 2 unspecified atom stereocenters. The van der Waals surface area contributed by atoms with Crippen molar-refractivity contribution < 1.29 is 4.21 Å². The standard InChI is InChI=1S/C17H34N2OS/c1-15-6-5-7-17(12-15,13-18-16(2,3)4)14-19-8-10-21(20)11-9-19/h15,18H,5-14H2,1-4H3. The molecule has 124 valence electrons. The summed E-state index contributed by atoms with van der Waals surface area (Å²) in [5.41, 5.74) is 0.612. The Bertz CT molecular complexity index is 356. The highest BCUT2D eigenvalue weighted by Crippen LogP contribution is 2.40. The molecule has 2 rings (SSSR count). The predicted octanol–water partition coefficient (Wildman–Crippen LogP) is 2.64. The van der Waals surface area contributed by atoms with E-state index in [-0.39, 0.29) is 5.54 Å². The molecule has 2 atom stereocenters. The zero-order valence-corrected chi connectivity index (χ0v) is 15.2. The van der Waals surface area contributed by atoms with Gasteiger partial charge in [-0.05, 0) is 44.9 Å². The van der Waals surface area contributed by atoms with Crippen molar-refractivity contribution in [1.29, 1.82) is 0 Å². The molecule has 0 aromatic rings. The van der Waals surface area contributed by atoms with E-state index in [4.69, 9.17) is 0 Å². The third-order valence-corrected chi connectivity index (χ3v) is 6.28. The summed E-state index contributed by atoms with van der Waals surface area (Å²) >= 11 is 0. The molecule has 0 bridgehead atoms. The van der Waals surface area contributed by atoms with Crippen LogP contribution in [0.1, 0.15) is 53.4 Å². The normalized spacial score (nSPS) is 33.2. The van der Waals surface area contributed by atoms with E-state index in [2.05, 4.69) is 37.9 Å². The lowest BCUT2D eigenvalue weighted by Gasteiger charge is -2.45. The van der Waals surface area contributed by atoms with Gasteiger partial charge in [-0.15, -0.1) is 0 Å². The van der Waals surface area contributed by atoms with E-state index in [0.29, 0.717) is 5.41 Å². The first-order valence-electron chi connectivity index (χ1n) is 8.60. The molecule has 0 aromatic heterocycles. The number of nitrogens with one attached hydrogen (secondary N) is 1. The monoisotopic (exact) mass is 314 g/mol. The largest absolute Gasteiger partial charge is 0.311 e. The molecule has 1 N–H and O–H groups in total. The van der Waals surface area contributed by atoms with E-state index in [0.717, 1.165) is 37.1 Å². The molecule has 1 aliphatic carbocycles. The molecule has 2 fully saturated rings. The Labute approximate surface area is 133 Å². The molecule has 2 aliphatic rings. The summed E-state index contributed by atoms with van der Waals surface area (Å²) in [6.45, 7) is 13.6. The number of rotatable bonds is 4. The van der Waals surface area contributed by atoms with E-state index < -0.39 is 10.8 Å². The minimum Gasteiger partial charge on any atom is -0.311 e. The van der Waals surface area contributed by atoms with Gasteiger partial charge in [0.2, 0.25) is 0 Å². The summed E-state index contributed by atoms with van der Waals surface area (Å²) in [4.78, 5) is 2.57. The first kappa shape index (κ1) is 17.4. The van der Waals surface area contributed by atoms with Gasteiger partial charge in [-0.25, -0.2) is 0 Å². The molecule has 0 spiro atoms. The molecule has 1 aliphatic heterocycles. The predicted molar refractivity (Wildman–Crippen MR) is 92.1 cm³/mol. The van der Waals surface area contributed by atoms with E-state index in [9.17, 15) is 4.21 Å². The van der Waals surface area contributed by atoms with Crippen LogP contribution in [0, 0.1) is 11.3 Å². The van der Waals surface area contributed by atoms with Gasteiger partial charge in [-0.2, -0.15) is 0 Å². The second-order valence-corrected chi connectivity index (χ2v) is 10.1. The molecule has 1 saturated carbocycles. The highest BCUT2D eigenvalue weighted by atomic mass is 32.2. The summed E-state index contributed by atoms with van der Waals surface area (Å²) in [5.74, 6) is 2.59. The number of hydrogen-bond donors (Lipinski definition) is 1. The van der Waals surface area contributed by atoms with Crippen LogP contribution in [0.25, 0.3) is 0 Å². The van der Waals surface area contributed by atoms with Gasteiger partial charge in [0.05, 0.1) is 0 Å². The van der Waals surface area contributed by atoms with Gasteiger partial charge in [-0.1, -0.05) is 19.8 Å². The quantitative estimate of drug-likeness (QED) is 0.866. The first-order chi connectivity index (χ1) is 9.78. The van der Waals surface area contributed by atoms with Crippen LogP contribution in [-0.2, 0) is 10.8 Å². The minimum atomic E-state index is -0.563. The van der Waals surface area contributed by atoms with Gasteiger partial charge in [0.1, 0.15) is 0 Å². The average Bonchev–Trinajstić information content (AvgIpc) is 2.39. The van der Waals surface area contributed by atoms with Crippen molar-refractivity contribution in [3.05, 3.63) is 0 Å². The zero-order chi connectivity index (χ0) is 15.5. The van der Waals surface area contributed by atoms with E-state index in [1.54, 1.807) is 0 Å². The maximum atomic E-state index is 11.6. The minimum absolute atomic E-state index is 0.192. The van der Waals surface area contributed by atoms with Crippen LogP contribution in [0.5, 0.6) is 0 Å². The van der Waals surface area contributed by atoms with Crippen LogP contribution in [-0.4, -0.2) is 52.3 Å². The molecule has 3 nitrogen and oxygen atoms in total. The van der Waals surface area contributed by atoms with Crippen molar-refractivity contribution in [2.75, 3.05) is 37.7 Å². The molecular formula is C17H34N2OS. The van der Waals surface area contributed by atoms with Gasteiger partial charge >= 0.3 is 0 Å². The first-order valence-corrected chi connectivity index (χ1v) is 10.1. The van der Waals surface area contributed by atoms with Crippen molar-refractivity contribution in [2.45, 2.75) is 58.9 Å². The Kier molecular flexibility index (Phi) is 5.89. The van der Waals surface area contributed by atoms with Crippen LogP contribution in [0.15, 0.2) is 0 Å². The second-order valence-electron chi connectivity index (χ2n) is 8.43. The third-order valence-electron chi connectivity index (χ3n) is 5.01. The second kappa shape index (κ2) is 7.10. The summed E-state index contributed by atoms with van der Waals surface area (Å²) in [7, 11) is -0.563. The summed E-state index contributed by atoms with van der Waals surface area (Å²) in [5, 5.41) is 3.76. The average molecular weight is 315 g/mol. The Morgan fingerprint density at radius 1 is 1.29 bits per heavy atom. The van der Waals surface area contributed by atoms with Crippen LogP contribution in [0.4, 0.5) is 0 Å². The van der Waals surface area contributed by atoms with Crippen LogP contribution in [0.3, 0.4) is 0 Å². The molecule has 21 heavy (non-hydrogen) atoms. The highest BCUT2D eigenvalue weighted by molar-refractivity contribution is 7.85. The lowest BCUT2D eigenvalue weighted by molar-refractivity contribution is 0.0776. The topological polar surface area (TPSA) is 32.3 Å². The summed E-state index contributed by atoms with van der Waals surface area (Å²) < 4.78 is 11.6. The maximum absolute atomic E-state index is 11.6. The van der Waals surface area contributed by atoms with Gasteiger partial charge in [0, 0.05) is 54.0 Å². The van der Waals surface area contributed by atoms with Gasteiger partial charge in [0.25, 0.3) is 0 Å². The van der Waals surface area contributed by atoms with Crippen molar-refractivity contribution in [3.63, 3.8) is 0 Å². The fourth-order valence-corrected chi connectivity index (χ4v) is 5.02. The van der Waals surface area contributed by atoms with Crippen LogP contribution < -0.4 is 5.32 Å². The molecule has 1 saturated heterocycles. The fraction of sp³-hybridized carbons (Fsp3) is 1.00. The molecule has 4 heteroatoms. The zero-order valence-electron chi connectivity index (χ0n) is 14.4. The van der Waals surface area contributed by atoms with Gasteiger partial charge in [-0.3, -0.25) is 4.21 Å². The fourth-order valence-electron chi connectivity index (χ4n) is 3.89. The van der Waals surface area contributed by atoms with Crippen molar-refractivity contribution in [3.8, 4) is 0 Å². The van der Waals surface area contributed by atoms with Crippen molar-refractivity contribution in [2.24, 2.45) is 11.3 Å². The molecule has 0 amide bonds. The summed E-state index contributed by atoms with van der Waals surface area (Å²) in [6, 6.07) is 0. The Morgan fingerprint density at radius 2 is 1.95 bits per heavy atom. The smallest absolute Gasteiger partial charge is 0.0363 e. The lowest BCUT2D eigenvalue weighted by Crippen LogP contribution is -2.52. The molecule has 0 aromatic carbocycles. The van der Waals surface area contributed by atoms with Crippen LogP contribution in [0.2, 0.25) is 0 Å². The van der Waals surface area contributed by atoms with Gasteiger partial charge in [0.15, 0.2) is 0 Å². The van der Waals surface area contributed by atoms with Crippen LogP contribution >= 0.6 is 0 Å². The van der Waals surface area contributed by atoms with E-state index >= 15 is 0 Å². The van der Waals surface area contributed by atoms with E-state index in [1.807, 2.05) is 0 Å². The van der Waals surface area contributed by atoms with E-state index in [1.165, 1.54) is 32.2 Å².